The molecular weight excluding hydrogens is 437 g/mol. The average molecular weight is 458 g/mol. The second-order valence-corrected chi connectivity index (χ2v) is 7.41. The van der Waals surface area contributed by atoms with Crippen LogP contribution in [0.3, 0.4) is 0 Å². The van der Waals surface area contributed by atoms with E-state index >= 15 is 0 Å². The maximum absolute atomic E-state index is 14.0. The molecule has 0 aliphatic rings. The number of pyridine rings is 1. The van der Waals surface area contributed by atoms with Crippen molar-refractivity contribution in [3.8, 4) is 17.3 Å². The lowest BCUT2D eigenvalue weighted by atomic mass is 10.1. The highest BCUT2D eigenvalue weighted by Crippen LogP contribution is 2.25. The van der Waals surface area contributed by atoms with Crippen LogP contribution in [-0.4, -0.2) is 46.6 Å². The van der Waals surface area contributed by atoms with Gasteiger partial charge in [-0.1, -0.05) is 29.4 Å². The topological polar surface area (TPSA) is 107 Å². The summed E-state index contributed by atoms with van der Waals surface area (Å²) in [4.78, 5) is 21.5. The maximum Gasteiger partial charge on any atom is 0.260 e. The number of hydrogen-bond donors (Lipinski definition) is 1. The molecule has 0 saturated heterocycles. The molecule has 2 heterocycles. The summed E-state index contributed by atoms with van der Waals surface area (Å²) in [5.74, 6) is -0.388. The lowest BCUT2D eigenvalue weighted by Crippen LogP contribution is -2.19. The van der Waals surface area contributed by atoms with Crippen molar-refractivity contribution in [1.82, 2.24) is 20.0 Å². The van der Waals surface area contributed by atoms with Crippen LogP contribution in [0.1, 0.15) is 11.5 Å². The zero-order valence-corrected chi connectivity index (χ0v) is 18.3. The Morgan fingerprint density at radius 3 is 2.75 bits per heavy atom. The zero-order chi connectivity index (χ0) is 23.3. The van der Waals surface area contributed by atoms with Crippen molar-refractivity contribution < 1.29 is 18.4 Å². The van der Waals surface area contributed by atoms with E-state index in [4.69, 9.17) is 26.6 Å². The molecule has 2 N–H and O–H groups in total. The van der Waals surface area contributed by atoms with Gasteiger partial charge < -0.3 is 19.9 Å². The Hall–Kier alpha value is -3.72. The molecule has 0 aliphatic heterocycles. The van der Waals surface area contributed by atoms with E-state index in [9.17, 15) is 9.18 Å². The van der Waals surface area contributed by atoms with Gasteiger partial charge in [-0.05, 0) is 29.8 Å². The van der Waals surface area contributed by atoms with Crippen molar-refractivity contribution in [3.05, 3.63) is 77.2 Å². The molecule has 8 nitrogen and oxygen atoms in total. The first-order chi connectivity index (χ1) is 15.3. The highest BCUT2D eigenvalue weighted by molar-refractivity contribution is 6.30. The number of halogens is 2. The van der Waals surface area contributed by atoms with E-state index < -0.39 is 11.7 Å². The molecule has 3 aromatic rings. The number of nitrogens with two attached hydrogens (primary N) is 1. The van der Waals surface area contributed by atoms with Gasteiger partial charge in [0.25, 0.3) is 5.89 Å². The number of carbonyl (C=O) groups excluding carboxylic acids is 1. The van der Waals surface area contributed by atoms with Crippen LogP contribution in [0, 0.1) is 5.82 Å². The van der Waals surface area contributed by atoms with Gasteiger partial charge in [-0.15, -0.1) is 0 Å². The van der Waals surface area contributed by atoms with Crippen LogP contribution >= 0.6 is 11.6 Å². The second kappa shape index (κ2) is 10.1. The quantitative estimate of drug-likeness (QED) is 0.490. The third kappa shape index (κ3) is 5.70. The highest BCUT2D eigenvalue weighted by Gasteiger charge is 2.18. The summed E-state index contributed by atoms with van der Waals surface area (Å²) in [7, 11) is 3.66. The van der Waals surface area contributed by atoms with Crippen LogP contribution in [0.4, 0.5) is 4.39 Å². The van der Waals surface area contributed by atoms with Gasteiger partial charge in [0.05, 0.1) is 22.7 Å². The van der Waals surface area contributed by atoms with Crippen molar-refractivity contribution >= 4 is 23.1 Å². The fraction of sp³-hybridized carbons (Fsp3) is 0.182. The van der Waals surface area contributed by atoms with Crippen molar-refractivity contribution in [1.29, 1.82) is 0 Å². The maximum atomic E-state index is 14.0. The van der Waals surface area contributed by atoms with Crippen LogP contribution in [0.15, 0.2) is 59.4 Å². The molecule has 32 heavy (non-hydrogen) atoms. The summed E-state index contributed by atoms with van der Waals surface area (Å²) in [6, 6.07) is 7.39. The zero-order valence-electron chi connectivity index (χ0n) is 17.5. The first-order valence-corrected chi connectivity index (χ1v) is 9.84. The molecule has 0 bridgehead atoms. The Morgan fingerprint density at radius 1 is 1.34 bits per heavy atom. The fourth-order valence-electron chi connectivity index (χ4n) is 2.90. The highest BCUT2D eigenvalue weighted by atomic mass is 35.5. The number of aromatic nitrogens is 3. The normalized spacial score (nSPS) is 11.6. The SMILES string of the molecule is C=C/C(=C(/COc1ccc(Cl)cn1)N(C)C)c1nc(-c2cc(F)cc(CC(N)=O)c2)no1. The Bertz CT molecular complexity index is 1160. The molecule has 0 unspecified atom stereocenters. The summed E-state index contributed by atoms with van der Waals surface area (Å²) in [5, 5.41) is 4.45. The molecule has 166 valence electrons. The van der Waals surface area contributed by atoms with E-state index in [0.717, 1.165) is 0 Å². The molecule has 2 aromatic heterocycles. The predicted molar refractivity (Wildman–Crippen MR) is 118 cm³/mol. The summed E-state index contributed by atoms with van der Waals surface area (Å²) < 4.78 is 25.2. The van der Waals surface area contributed by atoms with Crippen LogP contribution in [-0.2, 0) is 11.2 Å². The number of carbonyl (C=O) groups is 1. The van der Waals surface area contributed by atoms with E-state index in [0.29, 0.717) is 33.3 Å². The number of hydrogen-bond acceptors (Lipinski definition) is 7. The monoisotopic (exact) mass is 457 g/mol. The number of rotatable bonds is 9. The molecular formula is C22H21ClFN5O3. The Morgan fingerprint density at radius 2 is 2.12 bits per heavy atom. The molecule has 0 fully saturated rings. The van der Waals surface area contributed by atoms with Crippen molar-refractivity contribution in [2.45, 2.75) is 6.42 Å². The molecule has 0 atom stereocenters. The average Bonchev–Trinajstić information content (AvgIpc) is 3.21. The van der Waals surface area contributed by atoms with Gasteiger partial charge in [0.15, 0.2) is 0 Å². The first-order valence-electron chi connectivity index (χ1n) is 9.46. The largest absolute Gasteiger partial charge is 0.471 e. The molecule has 0 radical (unpaired) electrons. The number of likely N-dealkylation sites (N-methyl/N-ethyl adjacent to an activating group) is 1. The molecule has 10 heteroatoms. The molecule has 0 aliphatic carbocycles. The molecule has 1 aromatic carbocycles. The lowest BCUT2D eigenvalue weighted by Gasteiger charge is -2.19. The summed E-state index contributed by atoms with van der Waals surface area (Å²) in [6.45, 7) is 3.98. The van der Waals surface area contributed by atoms with E-state index in [1.807, 2.05) is 19.0 Å². The predicted octanol–water partition coefficient (Wildman–Crippen LogP) is 3.49. The van der Waals surface area contributed by atoms with Gasteiger partial charge in [0.2, 0.25) is 17.6 Å². The Kier molecular flexibility index (Phi) is 7.21. The smallest absolute Gasteiger partial charge is 0.260 e. The molecule has 1 amide bonds. The van der Waals surface area contributed by atoms with E-state index in [-0.39, 0.29) is 24.7 Å². The number of allylic oxidation sites excluding steroid dienone is 2. The lowest BCUT2D eigenvalue weighted by molar-refractivity contribution is -0.117. The van der Waals surface area contributed by atoms with E-state index in [2.05, 4.69) is 21.7 Å². The van der Waals surface area contributed by atoms with Crippen molar-refractivity contribution in [3.63, 3.8) is 0 Å². The molecule has 3 rings (SSSR count). The minimum Gasteiger partial charge on any atom is -0.471 e. The minimum atomic E-state index is -0.571. The van der Waals surface area contributed by atoms with Crippen LogP contribution in [0.2, 0.25) is 5.02 Å². The van der Waals surface area contributed by atoms with Gasteiger partial charge in [-0.2, -0.15) is 4.98 Å². The molecule has 0 spiro atoms. The van der Waals surface area contributed by atoms with E-state index in [1.165, 1.54) is 18.3 Å². The van der Waals surface area contributed by atoms with Gasteiger partial charge in [-0.3, -0.25) is 4.79 Å². The number of primary amides is 1. The number of ether oxygens (including phenoxy) is 1. The number of benzene rings is 1. The van der Waals surface area contributed by atoms with Crippen molar-refractivity contribution in [2.75, 3.05) is 20.7 Å². The van der Waals surface area contributed by atoms with Gasteiger partial charge in [-0.25, -0.2) is 9.37 Å². The third-order valence-corrected chi connectivity index (χ3v) is 4.59. The van der Waals surface area contributed by atoms with Crippen molar-refractivity contribution in [2.24, 2.45) is 5.73 Å². The summed E-state index contributed by atoms with van der Waals surface area (Å²) in [6.07, 6.45) is 2.95. The third-order valence-electron chi connectivity index (χ3n) is 4.36. The van der Waals surface area contributed by atoms with E-state index in [1.54, 1.807) is 24.3 Å². The fourth-order valence-corrected chi connectivity index (χ4v) is 3.01. The first kappa shape index (κ1) is 23.0. The number of amides is 1. The Balaban J connectivity index is 1.91. The van der Waals surface area contributed by atoms with Crippen LogP contribution < -0.4 is 10.5 Å². The van der Waals surface area contributed by atoms with Gasteiger partial charge in [0.1, 0.15) is 12.4 Å². The second-order valence-electron chi connectivity index (χ2n) is 6.98. The van der Waals surface area contributed by atoms with Crippen LogP contribution in [0.25, 0.3) is 17.0 Å². The van der Waals surface area contributed by atoms with Crippen LogP contribution in [0.5, 0.6) is 5.88 Å². The molecule has 0 saturated carbocycles. The standard InChI is InChI=1S/C22H21ClFN5O3/c1-4-17(18(29(2)3)12-31-20-6-5-15(23)11-26-20)22-27-21(28-32-22)14-7-13(9-19(25)30)8-16(24)10-14/h4-8,10-11H,1,9,12H2,2-3H3,(H2,25,30)/b18-17+. The van der Waals surface area contributed by atoms with Gasteiger partial charge in [0, 0.05) is 31.9 Å². The summed E-state index contributed by atoms with van der Waals surface area (Å²) >= 11 is 5.85. The van der Waals surface area contributed by atoms with Gasteiger partial charge >= 0.3 is 0 Å². The summed E-state index contributed by atoms with van der Waals surface area (Å²) in [5.41, 5.74) is 7.21. The minimum absolute atomic E-state index is 0.103. The number of nitrogens with zero attached hydrogens (tertiary/aromatic N) is 4. The Labute approximate surface area is 189 Å².